The van der Waals surface area contributed by atoms with E-state index in [-0.39, 0.29) is 23.0 Å². The maximum atomic E-state index is 12.1. The molecular weight excluding hydrogens is 202 g/mol. The number of hydrogen-bond donors (Lipinski definition) is 1. The van der Waals surface area contributed by atoms with Crippen LogP contribution < -0.4 is 4.90 Å². The Bertz CT molecular complexity index is 408. The zero-order valence-electron chi connectivity index (χ0n) is 9.90. The highest BCUT2D eigenvalue weighted by molar-refractivity contribution is 5.96. The van der Waals surface area contributed by atoms with E-state index < -0.39 is 0 Å². The van der Waals surface area contributed by atoms with Gasteiger partial charge in [-0.2, -0.15) is 0 Å². The lowest BCUT2D eigenvalue weighted by Crippen LogP contribution is -2.29. The molecule has 3 heteroatoms. The Morgan fingerprint density at radius 1 is 1.38 bits per heavy atom. The molecule has 1 aromatic rings. The van der Waals surface area contributed by atoms with Crippen molar-refractivity contribution < 1.29 is 9.90 Å². The van der Waals surface area contributed by atoms with Crippen molar-refractivity contribution >= 4 is 11.6 Å². The molecule has 0 aromatic heterocycles. The van der Waals surface area contributed by atoms with Crippen molar-refractivity contribution in [2.24, 2.45) is 11.3 Å². The molecule has 0 aliphatic heterocycles. The van der Waals surface area contributed by atoms with Crippen LogP contribution >= 0.6 is 0 Å². The SMILES string of the molecule is CN(C(=O)C1CC1(C)C)c1ccc(O)cc1. The molecular formula is C13H17NO2. The van der Waals surface area contributed by atoms with Crippen LogP contribution in [0.25, 0.3) is 0 Å². The first-order valence-corrected chi connectivity index (χ1v) is 5.48. The molecule has 3 nitrogen and oxygen atoms in total. The van der Waals surface area contributed by atoms with E-state index in [0.29, 0.717) is 0 Å². The van der Waals surface area contributed by atoms with Gasteiger partial charge in [0.1, 0.15) is 5.75 Å². The van der Waals surface area contributed by atoms with Crippen molar-refractivity contribution in [1.29, 1.82) is 0 Å². The van der Waals surface area contributed by atoms with Gasteiger partial charge in [0, 0.05) is 18.7 Å². The Balaban J connectivity index is 2.11. The van der Waals surface area contributed by atoms with E-state index in [1.807, 2.05) is 0 Å². The van der Waals surface area contributed by atoms with Crippen molar-refractivity contribution in [2.45, 2.75) is 20.3 Å². The third-order valence-electron chi connectivity index (χ3n) is 3.38. The predicted octanol–water partition coefficient (Wildman–Crippen LogP) is 2.40. The molecule has 0 bridgehead atoms. The van der Waals surface area contributed by atoms with Gasteiger partial charge in [-0.15, -0.1) is 0 Å². The zero-order chi connectivity index (χ0) is 11.9. The maximum Gasteiger partial charge on any atom is 0.230 e. The number of hydrogen-bond acceptors (Lipinski definition) is 2. The predicted molar refractivity (Wildman–Crippen MR) is 63.4 cm³/mol. The molecule has 0 radical (unpaired) electrons. The summed E-state index contributed by atoms with van der Waals surface area (Å²) in [4.78, 5) is 13.7. The number of aromatic hydroxyl groups is 1. The summed E-state index contributed by atoms with van der Waals surface area (Å²) < 4.78 is 0. The summed E-state index contributed by atoms with van der Waals surface area (Å²) >= 11 is 0. The van der Waals surface area contributed by atoms with Gasteiger partial charge in [0.05, 0.1) is 0 Å². The van der Waals surface area contributed by atoms with Gasteiger partial charge in [0.15, 0.2) is 0 Å². The quantitative estimate of drug-likeness (QED) is 0.829. The fourth-order valence-corrected chi connectivity index (χ4v) is 1.93. The molecule has 1 aliphatic rings. The molecule has 86 valence electrons. The van der Waals surface area contributed by atoms with Gasteiger partial charge in [0.25, 0.3) is 0 Å². The van der Waals surface area contributed by atoms with Gasteiger partial charge in [-0.05, 0) is 36.1 Å². The van der Waals surface area contributed by atoms with E-state index in [1.54, 1.807) is 36.2 Å². The number of nitrogens with zero attached hydrogens (tertiary/aromatic N) is 1. The summed E-state index contributed by atoms with van der Waals surface area (Å²) in [5.74, 6) is 0.526. The van der Waals surface area contributed by atoms with Crippen LogP contribution in [0, 0.1) is 11.3 Å². The monoisotopic (exact) mass is 219 g/mol. The first-order valence-electron chi connectivity index (χ1n) is 5.48. The molecule has 0 saturated heterocycles. The molecule has 1 aromatic carbocycles. The summed E-state index contributed by atoms with van der Waals surface area (Å²) in [7, 11) is 1.78. The van der Waals surface area contributed by atoms with E-state index in [1.165, 1.54) is 0 Å². The fourth-order valence-electron chi connectivity index (χ4n) is 1.93. The Morgan fingerprint density at radius 2 is 1.88 bits per heavy atom. The summed E-state index contributed by atoms with van der Waals surface area (Å²) in [6.45, 7) is 4.22. The standard InChI is InChI=1S/C13H17NO2/c1-13(2)8-11(13)12(16)14(3)9-4-6-10(15)7-5-9/h4-7,11,15H,8H2,1-3H3. The first kappa shape index (κ1) is 11.0. The summed E-state index contributed by atoms with van der Waals surface area (Å²) in [6, 6.07) is 6.69. The Labute approximate surface area is 95.7 Å². The summed E-state index contributed by atoms with van der Waals surface area (Å²) in [5.41, 5.74) is 0.980. The number of phenolic OH excluding ortho intramolecular Hbond substituents is 1. The minimum Gasteiger partial charge on any atom is -0.508 e. The van der Waals surface area contributed by atoms with Crippen LogP contribution in [0.15, 0.2) is 24.3 Å². The van der Waals surface area contributed by atoms with Crippen LogP contribution in [0.4, 0.5) is 5.69 Å². The number of anilines is 1. The molecule has 16 heavy (non-hydrogen) atoms. The number of carbonyl (C=O) groups is 1. The topological polar surface area (TPSA) is 40.5 Å². The second kappa shape index (κ2) is 3.51. The van der Waals surface area contributed by atoms with E-state index in [0.717, 1.165) is 12.1 Å². The average molecular weight is 219 g/mol. The lowest BCUT2D eigenvalue weighted by atomic mass is 10.1. The summed E-state index contributed by atoms with van der Waals surface area (Å²) in [6.07, 6.45) is 0.967. The van der Waals surface area contributed by atoms with E-state index in [4.69, 9.17) is 0 Å². The first-order chi connectivity index (χ1) is 7.42. The number of amides is 1. The number of rotatable bonds is 2. The molecule has 1 fully saturated rings. The van der Waals surface area contributed by atoms with Gasteiger partial charge < -0.3 is 10.0 Å². The molecule has 1 N–H and O–H groups in total. The normalized spacial score (nSPS) is 21.6. The molecule has 1 aliphatic carbocycles. The van der Waals surface area contributed by atoms with Gasteiger partial charge in [0.2, 0.25) is 5.91 Å². The number of phenols is 1. The molecule has 2 rings (SSSR count). The van der Waals surface area contributed by atoms with Crippen molar-refractivity contribution in [1.82, 2.24) is 0 Å². The second-order valence-electron chi connectivity index (χ2n) is 5.16. The average Bonchev–Trinajstić information content (AvgIpc) is 2.87. The van der Waals surface area contributed by atoms with Gasteiger partial charge in [-0.25, -0.2) is 0 Å². The largest absolute Gasteiger partial charge is 0.508 e. The zero-order valence-corrected chi connectivity index (χ0v) is 9.90. The number of benzene rings is 1. The van der Waals surface area contributed by atoms with Gasteiger partial charge in [-0.3, -0.25) is 4.79 Å². The van der Waals surface area contributed by atoms with Crippen LogP contribution in [0.3, 0.4) is 0 Å². The van der Waals surface area contributed by atoms with E-state index in [9.17, 15) is 9.90 Å². The highest BCUT2D eigenvalue weighted by Crippen LogP contribution is 2.52. The third kappa shape index (κ3) is 1.90. The number of carbonyl (C=O) groups excluding carboxylic acids is 1. The van der Waals surface area contributed by atoms with Crippen molar-refractivity contribution in [3.63, 3.8) is 0 Å². The Morgan fingerprint density at radius 3 is 2.31 bits per heavy atom. The lowest BCUT2D eigenvalue weighted by molar-refractivity contribution is -0.120. The van der Waals surface area contributed by atoms with Crippen LogP contribution in [-0.4, -0.2) is 18.1 Å². The molecule has 0 spiro atoms. The third-order valence-corrected chi connectivity index (χ3v) is 3.38. The maximum absolute atomic E-state index is 12.1. The van der Waals surface area contributed by atoms with Crippen LogP contribution in [0.2, 0.25) is 0 Å². The van der Waals surface area contributed by atoms with Crippen LogP contribution in [0.5, 0.6) is 5.75 Å². The lowest BCUT2D eigenvalue weighted by Gasteiger charge is -2.18. The van der Waals surface area contributed by atoms with Crippen molar-refractivity contribution in [3.05, 3.63) is 24.3 Å². The van der Waals surface area contributed by atoms with E-state index in [2.05, 4.69) is 13.8 Å². The Hall–Kier alpha value is -1.51. The fraction of sp³-hybridized carbons (Fsp3) is 0.462. The molecule has 1 saturated carbocycles. The van der Waals surface area contributed by atoms with Gasteiger partial charge in [-0.1, -0.05) is 13.8 Å². The highest BCUT2D eigenvalue weighted by Gasteiger charge is 2.51. The van der Waals surface area contributed by atoms with Crippen LogP contribution in [-0.2, 0) is 4.79 Å². The van der Waals surface area contributed by atoms with Crippen molar-refractivity contribution in [2.75, 3.05) is 11.9 Å². The summed E-state index contributed by atoms with van der Waals surface area (Å²) in [5, 5.41) is 9.18. The minimum atomic E-state index is 0.145. The van der Waals surface area contributed by atoms with Crippen molar-refractivity contribution in [3.8, 4) is 5.75 Å². The molecule has 0 heterocycles. The van der Waals surface area contributed by atoms with E-state index >= 15 is 0 Å². The molecule has 1 atom stereocenters. The highest BCUT2D eigenvalue weighted by atomic mass is 16.3. The second-order valence-corrected chi connectivity index (χ2v) is 5.16. The van der Waals surface area contributed by atoms with Gasteiger partial charge >= 0.3 is 0 Å². The van der Waals surface area contributed by atoms with Crippen LogP contribution in [0.1, 0.15) is 20.3 Å². The minimum absolute atomic E-state index is 0.145. The molecule has 1 amide bonds. The Kier molecular flexibility index (Phi) is 2.41. The smallest absolute Gasteiger partial charge is 0.230 e. The molecule has 1 unspecified atom stereocenters.